The van der Waals surface area contributed by atoms with Crippen LogP contribution in [-0.4, -0.2) is 7.11 Å². The Hall–Kier alpha value is -1.04. The standard InChI is InChI=1S/C14H13BrFNOS/c1-18-10-4-2-3-5-11(10)19-12-7-6-9(8-17)13(15)14(12)16/h2-7H,8,17H2,1H3. The van der Waals surface area contributed by atoms with Crippen LogP contribution in [0.4, 0.5) is 4.39 Å². The maximum Gasteiger partial charge on any atom is 0.151 e. The van der Waals surface area contributed by atoms with Crippen LogP contribution >= 0.6 is 27.7 Å². The first kappa shape index (κ1) is 14.4. The number of para-hydroxylation sites is 1. The molecule has 5 heteroatoms. The zero-order valence-corrected chi connectivity index (χ0v) is 12.7. The molecule has 0 heterocycles. The van der Waals surface area contributed by atoms with Crippen LogP contribution in [0.1, 0.15) is 5.56 Å². The molecule has 0 aliphatic rings. The Labute approximate surface area is 124 Å². The molecule has 2 aromatic rings. The van der Waals surface area contributed by atoms with Crippen molar-refractivity contribution >= 4 is 27.7 Å². The second-order valence-corrected chi connectivity index (χ2v) is 5.68. The minimum Gasteiger partial charge on any atom is -0.496 e. The van der Waals surface area contributed by atoms with Crippen molar-refractivity contribution < 1.29 is 9.13 Å². The van der Waals surface area contributed by atoms with Crippen molar-refractivity contribution in [1.29, 1.82) is 0 Å². The van der Waals surface area contributed by atoms with Gasteiger partial charge in [-0.05, 0) is 39.7 Å². The summed E-state index contributed by atoms with van der Waals surface area (Å²) in [6.07, 6.45) is 0. The molecule has 0 saturated carbocycles. The number of methoxy groups -OCH3 is 1. The second-order valence-electron chi connectivity index (χ2n) is 3.81. The highest BCUT2D eigenvalue weighted by atomic mass is 79.9. The number of nitrogens with two attached hydrogens (primary N) is 1. The average molecular weight is 342 g/mol. The summed E-state index contributed by atoms with van der Waals surface area (Å²) in [6.45, 7) is 0.303. The van der Waals surface area contributed by atoms with E-state index in [1.165, 1.54) is 11.8 Å². The van der Waals surface area contributed by atoms with Crippen molar-refractivity contribution in [3.63, 3.8) is 0 Å². The Balaban J connectivity index is 2.36. The van der Waals surface area contributed by atoms with E-state index in [2.05, 4.69) is 15.9 Å². The summed E-state index contributed by atoms with van der Waals surface area (Å²) in [6, 6.07) is 11.1. The van der Waals surface area contributed by atoms with E-state index in [1.807, 2.05) is 30.3 Å². The molecule has 2 aromatic carbocycles. The third-order valence-electron chi connectivity index (χ3n) is 2.64. The Morgan fingerprint density at radius 2 is 1.95 bits per heavy atom. The SMILES string of the molecule is COc1ccccc1Sc1ccc(CN)c(Br)c1F. The van der Waals surface area contributed by atoms with Gasteiger partial charge in [-0.25, -0.2) is 4.39 Å². The molecule has 0 amide bonds. The highest BCUT2D eigenvalue weighted by molar-refractivity contribution is 9.10. The van der Waals surface area contributed by atoms with Crippen LogP contribution in [0.25, 0.3) is 0 Å². The van der Waals surface area contributed by atoms with Crippen molar-refractivity contribution in [2.24, 2.45) is 5.73 Å². The third-order valence-corrected chi connectivity index (χ3v) is 4.59. The maximum atomic E-state index is 14.2. The van der Waals surface area contributed by atoms with Gasteiger partial charge in [0.1, 0.15) is 5.75 Å². The normalized spacial score (nSPS) is 10.5. The minimum atomic E-state index is -0.293. The van der Waals surface area contributed by atoms with Crippen molar-refractivity contribution in [2.75, 3.05) is 7.11 Å². The topological polar surface area (TPSA) is 35.2 Å². The molecule has 0 atom stereocenters. The van der Waals surface area contributed by atoms with E-state index in [0.29, 0.717) is 15.9 Å². The summed E-state index contributed by atoms with van der Waals surface area (Å²) in [5.74, 6) is 0.435. The van der Waals surface area contributed by atoms with Crippen molar-refractivity contribution in [3.05, 3.63) is 52.3 Å². The van der Waals surface area contributed by atoms with Crippen LogP contribution in [0, 0.1) is 5.82 Å². The van der Waals surface area contributed by atoms with Crippen molar-refractivity contribution in [2.45, 2.75) is 16.3 Å². The highest BCUT2D eigenvalue weighted by Gasteiger charge is 2.13. The first-order valence-electron chi connectivity index (χ1n) is 5.65. The summed E-state index contributed by atoms with van der Waals surface area (Å²) < 4.78 is 19.9. The molecule has 0 bridgehead atoms. The largest absolute Gasteiger partial charge is 0.496 e. The van der Waals surface area contributed by atoms with Gasteiger partial charge in [-0.1, -0.05) is 30.0 Å². The summed E-state index contributed by atoms with van der Waals surface area (Å²) in [5, 5.41) is 0. The van der Waals surface area contributed by atoms with Crippen LogP contribution in [0.3, 0.4) is 0 Å². The number of benzene rings is 2. The molecule has 19 heavy (non-hydrogen) atoms. The van der Waals surface area contributed by atoms with Gasteiger partial charge in [0.15, 0.2) is 5.82 Å². The number of rotatable bonds is 4. The highest BCUT2D eigenvalue weighted by Crippen LogP contribution is 2.38. The number of ether oxygens (including phenoxy) is 1. The van der Waals surface area contributed by atoms with Gasteiger partial charge in [0.2, 0.25) is 0 Å². The summed E-state index contributed by atoms with van der Waals surface area (Å²) in [7, 11) is 1.60. The van der Waals surface area contributed by atoms with E-state index < -0.39 is 0 Å². The van der Waals surface area contributed by atoms with Gasteiger partial charge >= 0.3 is 0 Å². The molecule has 0 spiro atoms. The summed E-state index contributed by atoms with van der Waals surface area (Å²) >= 11 is 4.57. The van der Waals surface area contributed by atoms with E-state index >= 15 is 0 Å². The predicted molar refractivity (Wildman–Crippen MR) is 79.1 cm³/mol. The molecule has 2 N–H and O–H groups in total. The number of halogens is 2. The lowest BCUT2D eigenvalue weighted by atomic mass is 10.2. The van der Waals surface area contributed by atoms with Gasteiger partial charge in [-0.3, -0.25) is 0 Å². The molecule has 2 rings (SSSR count). The molecule has 0 aliphatic carbocycles. The van der Waals surface area contributed by atoms with E-state index in [9.17, 15) is 4.39 Å². The summed E-state index contributed by atoms with van der Waals surface area (Å²) in [5.41, 5.74) is 6.30. The summed E-state index contributed by atoms with van der Waals surface area (Å²) in [4.78, 5) is 1.41. The Kier molecular flexibility index (Phi) is 4.85. The third kappa shape index (κ3) is 3.11. The van der Waals surface area contributed by atoms with Crippen LogP contribution in [0.5, 0.6) is 5.75 Å². The van der Waals surface area contributed by atoms with Crippen LogP contribution in [0.2, 0.25) is 0 Å². The minimum absolute atomic E-state index is 0.293. The zero-order chi connectivity index (χ0) is 13.8. The van der Waals surface area contributed by atoms with Crippen molar-refractivity contribution in [3.8, 4) is 5.75 Å². The van der Waals surface area contributed by atoms with Gasteiger partial charge in [-0.2, -0.15) is 0 Å². The lowest BCUT2D eigenvalue weighted by molar-refractivity contribution is 0.405. The monoisotopic (exact) mass is 341 g/mol. The van der Waals surface area contributed by atoms with E-state index in [-0.39, 0.29) is 5.82 Å². The fourth-order valence-electron chi connectivity index (χ4n) is 1.63. The average Bonchev–Trinajstić information content (AvgIpc) is 2.45. The second kappa shape index (κ2) is 6.41. The van der Waals surface area contributed by atoms with Gasteiger partial charge in [0, 0.05) is 11.4 Å². The fourth-order valence-corrected chi connectivity index (χ4v) is 3.23. The van der Waals surface area contributed by atoms with E-state index in [4.69, 9.17) is 10.5 Å². The van der Waals surface area contributed by atoms with E-state index in [1.54, 1.807) is 13.2 Å². The molecule has 2 nitrogen and oxygen atoms in total. The number of hydrogen-bond acceptors (Lipinski definition) is 3. The van der Waals surface area contributed by atoms with Crippen LogP contribution in [0.15, 0.2) is 50.7 Å². The van der Waals surface area contributed by atoms with Crippen LogP contribution in [-0.2, 0) is 6.54 Å². The number of hydrogen-bond donors (Lipinski definition) is 1. The zero-order valence-electron chi connectivity index (χ0n) is 10.3. The maximum absolute atomic E-state index is 14.2. The fraction of sp³-hybridized carbons (Fsp3) is 0.143. The molecule has 0 aromatic heterocycles. The Morgan fingerprint density at radius 3 is 2.63 bits per heavy atom. The van der Waals surface area contributed by atoms with Gasteiger partial charge in [0.05, 0.1) is 16.5 Å². The van der Waals surface area contributed by atoms with Crippen LogP contribution < -0.4 is 10.5 Å². The molecule has 0 aliphatic heterocycles. The van der Waals surface area contributed by atoms with Gasteiger partial charge < -0.3 is 10.5 Å². The van der Waals surface area contributed by atoms with Gasteiger partial charge in [-0.15, -0.1) is 0 Å². The van der Waals surface area contributed by atoms with Gasteiger partial charge in [0.25, 0.3) is 0 Å². The molecular formula is C14H13BrFNOS. The van der Waals surface area contributed by atoms with E-state index in [0.717, 1.165) is 16.2 Å². The lowest BCUT2D eigenvalue weighted by Gasteiger charge is -2.10. The van der Waals surface area contributed by atoms with Crippen molar-refractivity contribution in [1.82, 2.24) is 0 Å². The Bertz CT molecular complexity index is 592. The quantitative estimate of drug-likeness (QED) is 0.904. The molecule has 0 radical (unpaired) electrons. The molecular weight excluding hydrogens is 329 g/mol. The first-order chi connectivity index (χ1) is 9.17. The first-order valence-corrected chi connectivity index (χ1v) is 7.26. The molecule has 0 fully saturated rings. The predicted octanol–water partition coefficient (Wildman–Crippen LogP) is 4.21. The molecule has 0 unspecified atom stereocenters. The molecule has 100 valence electrons. The lowest BCUT2D eigenvalue weighted by Crippen LogP contribution is -1.99. The molecule has 0 saturated heterocycles. The smallest absolute Gasteiger partial charge is 0.151 e. The Morgan fingerprint density at radius 1 is 1.21 bits per heavy atom.